The Morgan fingerprint density at radius 2 is 1.95 bits per heavy atom. The largest absolute Gasteiger partial charge is 0.495 e. The minimum absolute atomic E-state index is 0.308. The fourth-order valence-electron chi connectivity index (χ4n) is 1.66. The number of benzene rings is 1. The minimum atomic E-state index is -0.308. The first-order valence-corrected chi connectivity index (χ1v) is 7.06. The van der Waals surface area contributed by atoms with Crippen molar-refractivity contribution in [2.45, 2.75) is 0 Å². The number of ether oxygens (including phenoxy) is 2. The number of nitrogens with zero attached hydrogens (tertiary/aromatic N) is 1. The lowest BCUT2D eigenvalue weighted by Crippen LogP contribution is -2.13. The summed E-state index contributed by atoms with van der Waals surface area (Å²) in [4.78, 5) is 16.2. The maximum absolute atomic E-state index is 12.2. The van der Waals surface area contributed by atoms with Crippen LogP contribution >= 0.6 is 27.5 Å². The van der Waals surface area contributed by atoms with Crippen molar-refractivity contribution in [3.63, 3.8) is 0 Å². The monoisotopic (exact) mass is 370 g/mol. The van der Waals surface area contributed by atoms with Gasteiger partial charge in [-0.2, -0.15) is 0 Å². The average Bonchev–Trinajstić information content (AvgIpc) is 2.49. The molecule has 0 aliphatic heterocycles. The van der Waals surface area contributed by atoms with Crippen LogP contribution in [0.15, 0.2) is 35.1 Å². The van der Waals surface area contributed by atoms with Gasteiger partial charge in [-0.3, -0.25) is 4.79 Å². The van der Waals surface area contributed by atoms with E-state index in [1.54, 1.807) is 24.3 Å². The van der Waals surface area contributed by atoms with Crippen molar-refractivity contribution in [3.8, 4) is 11.5 Å². The molecule has 0 saturated heterocycles. The Balaban J connectivity index is 2.29. The van der Waals surface area contributed by atoms with E-state index in [9.17, 15) is 4.79 Å². The third kappa shape index (κ3) is 3.65. The molecule has 0 unspecified atom stereocenters. The van der Waals surface area contributed by atoms with Crippen LogP contribution in [-0.4, -0.2) is 25.1 Å². The van der Waals surface area contributed by atoms with E-state index in [0.717, 1.165) is 0 Å². The van der Waals surface area contributed by atoms with Crippen molar-refractivity contribution in [2.75, 3.05) is 19.5 Å². The number of amides is 1. The van der Waals surface area contributed by atoms with E-state index in [0.29, 0.717) is 32.4 Å². The third-order valence-corrected chi connectivity index (χ3v) is 3.48. The van der Waals surface area contributed by atoms with Crippen molar-refractivity contribution in [1.29, 1.82) is 0 Å². The molecule has 0 atom stereocenters. The Hall–Kier alpha value is -1.79. The summed E-state index contributed by atoms with van der Waals surface area (Å²) >= 11 is 9.24. The Kier molecular flexibility index (Phi) is 5.03. The molecule has 1 amide bonds. The number of aromatic nitrogens is 1. The second-order valence-corrected chi connectivity index (χ2v) is 5.23. The Bertz CT molecular complexity index is 662. The van der Waals surface area contributed by atoms with E-state index in [1.807, 2.05) is 0 Å². The van der Waals surface area contributed by atoms with Gasteiger partial charge in [-0.05, 0) is 28.1 Å². The first-order valence-electron chi connectivity index (χ1n) is 5.89. The molecule has 0 saturated carbocycles. The van der Waals surface area contributed by atoms with Crippen LogP contribution in [0.4, 0.5) is 5.69 Å². The van der Waals surface area contributed by atoms with Crippen LogP contribution < -0.4 is 14.8 Å². The van der Waals surface area contributed by atoms with E-state index in [2.05, 4.69) is 26.2 Å². The summed E-state index contributed by atoms with van der Waals surface area (Å²) in [5, 5.41) is 3.14. The summed E-state index contributed by atoms with van der Waals surface area (Å²) in [6.07, 6.45) is 1.47. The summed E-state index contributed by atoms with van der Waals surface area (Å²) < 4.78 is 11.0. The van der Waals surface area contributed by atoms with Gasteiger partial charge in [0.2, 0.25) is 0 Å². The molecule has 1 aromatic heterocycles. The minimum Gasteiger partial charge on any atom is -0.495 e. The highest BCUT2D eigenvalue weighted by atomic mass is 79.9. The summed E-state index contributed by atoms with van der Waals surface area (Å²) in [6, 6.07) is 6.53. The summed E-state index contributed by atoms with van der Waals surface area (Å²) in [6.45, 7) is 0. The number of methoxy groups -OCH3 is 2. The first-order chi connectivity index (χ1) is 10.0. The molecule has 0 aliphatic carbocycles. The molecule has 0 radical (unpaired) electrons. The highest BCUT2D eigenvalue weighted by molar-refractivity contribution is 9.10. The number of halogens is 2. The molecule has 21 heavy (non-hydrogen) atoms. The highest BCUT2D eigenvalue weighted by Crippen LogP contribution is 2.36. The molecule has 0 aliphatic rings. The topological polar surface area (TPSA) is 60.5 Å². The summed E-state index contributed by atoms with van der Waals surface area (Å²) in [5.41, 5.74) is 0.890. The number of nitrogens with one attached hydrogen (secondary N) is 1. The molecule has 1 heterocycles. The van der Waals surface area contributed by atoms with E-state index in [4.69, 9.17) is 21.1 Å². The second kappa shape index (κ2) is 6.78. The normalized spacial score (nSPS) is 10.1. The van der Waals surface area contributed by atoms with Gasteiger partial charge in [-0.1, -0.05) is 11.6 Å². The van der Waals surface area contributed by atoms with Gasteiger partial charge in [0.15, 0.2) is 0 Å². The Labute approximate surface area is 135 Å². The molecule has 2 aromatic rings. The van der Waals surface area contributed by atoms with E-state index in [-0.39, 0.29) is 5.91 Å². The van der Waals surface area contributed by atoms with Crippen molar-refractivity contribution in [1.82, 2.24) is 4.98 Å². The van der Waals surface area contributed by atoms with E-state index < -0.39 is 0 Å². The number of hydrogen-bond donors (Lipinski definition) is 1. The highest BCUT2D eigenvalue weighted by Gasteiger charge is 2.14. The molecule has 0 spiro atoms. The summed E-state index contributed by atoms with van der Waals surface area (Å²) in [7, 11) is 2.99. The van der Waals surface area contributed by atoms with Crippen LogP contribution in [-0.2, 0) is 0 Å². The lowest BCUT2D eigenvalue weighted by atomic mass is 10.2. The van der Waals surface area contributed by atoms with Crippen molar-refractivity contribution in [2.24, 2.45) is 0 Å². The molecule has 2 rings (SSSR count). The summed E-state index contributed by atoms with van der Waals surface area (Å²) in [5.74, 6) is 0.582. The van der Waals surface area contributed by atoms with Gasteiger partial charge in [-0.15, -0.1) is 0 Å². The standard InChI is InChI=1S/C14H12BrClN2O3/c1-20-11-6-10(12(21-2)5-9(11)16)18-14(19)8-3-4-13(15)17-7-8/h3-7H,1-2H3,(H,18,19). The first kappa shape index (κ1) is 15.6. The molecular formula is C14H12BrClN2O3. The zero-order valence-corrected chi connectivity index (χ0v) is 13.7. The van der Waals surface area contributed by atoms with Gasteiger partial charge < -0.3 is 14.8 Å². The molecule has 0 bridgehead atoms. The fourth-order valence-corrected chi connectivity index (χ4v) is 2.13. The number of carbonyl (C=O) groups is 1. The van der Waals surface area contributed by atoms with Gasteiger partial charge in [0.25, 0.3) is 5.91 Å². The van der Waals surface area contributed by atoms with Crippen molar-refractivity contribution < 1.29 is 14.3 Å². The molecule has 7 heteroatoms. The molecule has 5 nitrogen and oxygen atoms in total. The number of pyridine rings is 1. The van der Waals surface area contributed by atoms with Gasteiger partial charge in [0.1, 0.15) is 16.1 Å². The third-order valence-electron chi connectivity index (χ3n) is 2.71. The van der Waals surface area contributed by atoms with Crippen LogP contribution in [0, 0.1) is 0 Å². The quantitative estimate of drug-likeness (QED) is 0.831. The zero-order valence-electron chi connectivity index (χ0n) is 11.3. The molecular weight excluding hydrogens is 360 g/mol. The van der Waals surface area contributed by atoms with Crippen LogP contribution in [0.3, 0.4) is 0 Å². The van der Waals surface area contributed by atoms with Crippen LogP contribution in [0.2, 0.25) is 5.02 Å². The Morgan fingerprint density at radius 1 is 1.24 bits per heavy atom. The van der Waals surface area contributed by atoms with Gasteiger partial charge in [0, 0.05) is 18.3 Å². The van der Waals surface area contributed by atoms with Gasteiger partial charge >= 0.3 is 0 Å². The van der Waals surface area contributed by atoms with Crippen molar-refractivity contribution in [3.05, 3.63) is 45.7 Å². The molecule has 110 valence electrons. The zero-order chi connectivity index (χ0) is 15.4. The molecule has 0 fully saturated rings. The van der Waals surface area contributed by atoms with Crippen LogP contribution in [0.25, 0.3) is 0 Å². The number of carbonyl (C=O) groups excluding carboxylic acids is 1. The number of anilines is 1. The number of rotatable bonds is 4. The predicted octanol–water partition coefficient (Wildman–Crippen LogP) is 3.77. The molecule has 1 aromatic carbocycles. The predicted molar refractivity (Wildman–Crippen MR) is 84.4 cm³/mol. The lowest BCUT2D eigenvalue weighted by Gasteiger charge is -2.13. The van der Waals surface area contributed by atoms with Crippen LogP contribution in [0.1, 0.15) is 10.4 Å². The van der Waals surface area contributed by atoms with Gasteiger partial charge in [-0.25, -0.2) is 4.98 Å². The molecule has 1 N–H and O–H groups in total. The van der Waals surface area contributed by atoms with Crippen LogP contribution in [0.5, 0.6) is 11.5 Å². The van der Waals surface area contributed by atoms with E-state index >= 15 is 0 Å². The fraction of sp³-hybridized carbons (Fsp3) is 0.143. The number of hydrogen-bond acceptors (Lipinski definition) is 4. The van der Waals surface area contributed by atoms with Gasteiger partial charge in [0.05, 0.1) is 30.5 Å². The second-order valence-electron chi connectivity index (χ2n) is 4.01. The average molecular weight is 372 g/mol. The maximum atomic E-state index is 12.2. The SMILES string of the molecule is COc1cc(NC(=O)c2ccc(Br)nc2)c(OC)cc1Cl. The smallest absolute Gasteiger partial charge is 0.257 e. The lowest BCUT2D eigenvalue weighted by molar-refractivity contribution is 0.102. The maximum Gasteiger partial charge on any atom is 0.257 e. The van der Waals surface area contributed by atoms with Crippen molar-refractivity contribution >= 4 is 39.1 Å². The Morgan fingerprint density at radius 3 is 2.52 bits per heavy atom. The van der Waals surface area contributed by atoms with E-state index in [1.165, 1.54) is 20.4 Å².